The van der Waals surface area contributed by atoms with Crippen LogP contribution in [0.1, 0.15) is 23.2 Å². The summed E-state index contributed by atoms with van der Waals surface area (Å²) in [5, 5.41) is 0.573. The maximum Gasteiger partial charge on any atom is 0.248 e. The van der Waals surface area contributed by atoms with E-state index in [0.717, 1.165) is 25.2 Å². The minimum absolute atomic E-state index is 0.441. The lowest BCUT2D eigenvalue weighted by Crippen LogP contribution is -2.38. The molecule has 0 aliphatic carbocycles. The predicted molar refractivity (Wildman–Crippen MR) is 74.0 cm³/mol. The molecule has 5 heteroatoms. The van der Waals surface area contributed by atoms with Crippen LogP contribution in [0.15, 0.2) is 18.2 Å². The van der Waals surface area contributed by atoms with E-state index >= 15 is 0 Å². The van der Waals surface area contributed by atoms with E-state index in [1.165, 1.54) is 6.42 Å². The lowest BCUT2D eigenvalue weighted by Gasteiger charge is -2.34. The molecule has 1 saturated heterocycles. The van der Waals surface area contributed by atoms with Gasteiger partial charge in [-0.1, -0.05) is 11.6 Å². The summed E-state index contributed by atoms with van der Waals surface area (Å²) in [4.78, 5) is 13.3. The third-order valence-electron chi connectivity index (χ3n) is 3.43. The van der Waals surface area contributed by atoms with Crippen molar-refractivity contribution in [2.24, 2.45) is 17.4 Å². The second kappa shape index (κ2) is 5.59. The van der Waals surface area contributed by atoms with Crippen molar-refractivity contribution >= 4 is 23.2 Å². The van der Waals surface area contributed by atoms with Gasteiger partial charge < -0.3 is 16.4 Å². The van der Waals surface area contributed by atoms with E-state index in [0.29, 0.717) is 23.0 Å². The second-order valence-electron chi connectivity index (χ2n) is 4.72. The van der Waals surface area contributed by atoms with Gasteiger partial charge in [0.2, 0.25) is 5.91 Å². The van der Waals surface area contributed by atoms with Gasteiger partial charge in [-0.3, -0.25) is 4.79 Å². The molecule has 4 N–H and O–H groups in total. The Hall–Kier alpha value is -1.26. The maximum atomic E-state index is 11.1. The Balaban J connectivity index is 2.20. The van der Waals surface area contributed by atoms with Crippen molar-refractivity contribution in [3.63, 3.8) is 0 Å². The number of benzene rings is 1. The molecule has 1 heterocycles. The number of anilines is 1. The Morgan fingerprint density at radius 3 is 2.89 bits per heavy atom. The molecule has 1 fully saturated rings. The highest BCUT2D eigenvalue weighted by Crippen LogP contribution is 2.30. The van der Waals surface area contributed by atoms with Crippen molar-refractivity contribution in [2.75, 3.05) is 24.5 Å². The molecule has 18 heavy (non-hydrogen) atoms. The summed E-state index contributed by atoms with van der Waals surface area (Å²) >= 11 is 6.22. The number of primary amides is 1. The van der Waals surface area contributed by atoms with Crippen molar-refractivity contribution in [2.45, 2.75) is 12.8 Å². The molecule has 0 aromatic heterocycles. The van der Waals surface area contributed by atoms with Crippen LogP contribution in [-0.2, 0) is 0 Å². The fourth-order valence-electron chi connectivity index (χ4n) is 2.39. The van der Waals surface area contributed by atoms with Gasteiger partial charge in [0.05, 0.1) is 10.7 Å². The van der Waals surface area contributed by atoms with Crippen LogP contribution in [0.25, 0.3) is 0 Å². The smallest absolute Gasteiger partial charge is 0.248 e. The summed E-state index contributed by atoms with van der Waals surface area (Å²) in [6.45, 7) is 2.60. The van der Waals surface area contributed by atoms with Crippen LogP contribution >= 0.6 is 11.6 Å². The first-order chi connectivity index (χ1) is 8.61. The molecule has 4 nitrogen and oxygen atoms in total. The number of rotatable bonds is 3. The zero-order chi connectivity index (χ0) is 13.1. The van der Waals surface area contributed by atoms with E-state index in [1.54, 1.807) is 12.1 Å². The van der Waals surface area contributed by atoms with Crippen LogP contribution in [0.4, 0.5) is 5.69 Å². The van der Waals surface area contributed by atoms with Gasteiger partial charge in [-0.05, 0) is 43.5 Å². The Morgan fingerprint density at radius 2 is 2.28 bits per heavy atom. The van der Waals surface area contributed by atoms with Gasteiger partial charge in [0.15, 0.2) is 0 Å². The summed E-state index contributed by atoms with van der Waals surface area (Å²) in [7, 11) is 0. The van der Waals surface area contributed by atoms with Crippen molar-refractivity contribution < 1.29 is 4.79 Å². The van der Waals surface area contributed by atoms with Crippen LogP contribution in [0.5, 0.6) is 0 Å². The minimum Gasteiger partial charge on any atom is -0.370 e. The first kappa shape index (κ1) is 13.2. The number of carbonyl (C=O) groups excluding carboxylic acids is 1. The van der Waals surface area contributed by atoms with Crippen LogP contribution in [-0.4, -0.2) is 25.5 Å². The number of nitrogens with two attached hydrogens (primary N) is 2. The molecule has 0 spiro atoms. The lowest BCUT2D eigenvalue weighted by molar-refractivity contribution is 0.100. The fourth-order valence-corrected chi connectivity index (χ4v) is 2.69. The zero-order valence-electron chi connectivity index (χ0n) is 10.2. The van der Waals surface area contributed by atoms with Gasteiger partial charge in [-0.15, -0.1) is 0 Å². The number of hydrogen-bond donors (Lipinski definition) is 2. The van der Waals surface area contributed by atoms with Gasteiger partial charge in [-0.2, -0.15) is 0 Å². The van der Waals surface area contributed by atoms with Gasteiger partial charge in [-0.25, -0.2) is 0 Å². The number of amides is 1. The molecule has 1 unspecified atom stereocenters. The third kappa shape index (κ3) is 2.76. The summed E-state index contributed by atoms with van der Waals surface area (Å²) < 4.78 is 0. The third-order valence-corrected chi connectivity index (χ3v) is 3.73. The summed E-state index contributed by atoms with van der Waals surface area (Å²) in [5.74, 6) is 0.0626. The van der Waals surface area contributed by atoms with Gasteiger partial charge in [0.1, 0.15) is 0 Å². The molecule has 1 aromatic carbocycles. The quantitative estimate of drug-likeness (QED) is 0.874. The van der Waals surface area contributed by atoms with Crippen molar-refractivity contribution in [1.82, 2.24) is 0 Å². The number of piperidine rings is 1. The molecule has 98 valence electrons. The van der Waals surface area contributed by atoms with E-state index in [1.807, 2.05) is 6.07 Å². The number of carbonyl (C=O) groups is 1. The van der Waals surface area contributed by atoms with Crippen LogP contribution in [0.2, 0.25) is 5.02 Å². The molecule has 1 amide bonds. The standard InChI is InChI=1S/C13H18ClN3O/c14-11-6-10(13(16)18)3-4-12(11)17-5-1-2-9(7-15)8-17/h3-4,6,9H,1-2,5,7-8,15H2,(H2,16,18). The summed E-state index contributed by atoms with van der Waals surface area (Å²) in [6, 6.07) is 5.21. The molecule has 0 radical (unpaired) electrons. The van der Waals surface area contributed by atoms with E-state index in [2.05, 4.69) is 4.90 Å². The van der Waals surface area contributed by atoms with Crippen molar-refractivity contribution in [1.29, 1.82) is 0 Å². The average Bonchev–Trinajstić information content (AvgIpc) is 2.38. The second-order valence-corrected chi connectivity index (χ2v) is 5.13. The Kier molecular flexibility index (Phi) is 4.09. The van der Waals surface area contributed by atoms with Crippen molar-refractivity contribution in [3.05, 3.63) is 28.8 Å². The maximum absolute atomic E-state index is 11.1. The van der Waals surface area contributed by atoms with E-state index in [9.17, 15) is 4.79 Å². The molecule has 1 atom stereocenters. The summed E-state index contributed by atoms with van der Waals surface area (Å²) in [5.41, 5.74) is 12.4. The Bertz CT molecular complexity index is 450. The van der Waals surface area contributed by atoms with Crippen molar-refractivity contribution in [3.8, 4) is 0 Å². The molecule has 1 aromatic rings. The first-order valence-corrected chi connectivity index (χ1v) is 6.54. The van der Waals surface area contributed by atoms with E-state index in [4.69, 9.17) is 23.1 Å². The first-order valence-electron chi connectivity index (χ1n) is 6.16. The molecule has 1 aliphatic heterocycles. The van der Waals surface area contributed by atoms with E-state index < -0.39 is 5.91 Å². The lowest BCUT2D eigenvalue weighted by atomic mass is 9.97. The summed E-state index contributed by atoms with van der Waals surface area (Å²) in [6.07, 6.45) is 2.29. The predicted octanol–water partition coefficient (Wildman–Crippen LogP) is 1.61. The van der Waals surface area contributed by atoms with Gasteiger partial charge in [0, 0.05) is 18.7 Å². The molecule has 0 saturated carbocycles. The van der Waals surface area contributed by atoms with Crippen LogP contribution < -0.4 is 16.4 Å². The van der Waals surface area contributed by atoms with Crippen LogP contribution in [0.3, 0.4) is 0 Å². The monoisotopic (exact) mass is 267 g/mol. The number of nitrogens with zero attached hydrogens (tertiary/aromatic N) is 1. The molecular weight excluding hydrogens is 250 g/mol. The highest BCUT2D eigenvalue weighted by molar-refractivity contribution is 6.33. The molecule has 1 aliphatic rings. The highest BCUT2D eigenvalue weighted by Gasteiger charge is 2.20. The SMILES string of the molecule is NCC1CCCN(c2ccc(C(N)=O)cc2Cl)C1. The van der Waals surface area contributed by atoms with E-state index in [-0.39, 0.29) is 0 Å². The minimum atomic E-state index is -0.457. The topological polar surface area (TPSA) is 72.3 Å². The Labute approximate surface area is 112 Å². The van der Waals surface area contributed by atoms with Gasteiger partial charge in [0.25, 0.3) is 0 Å². The number of halogens is 1. The van der Waals surface area contributed by atoms with Crippen LogP contribution in [0, 0.1) is 5.92 Å². The Morgan fingerprint density at radius 1 is 1.50 bits per heavy atom. The highest BCUT2D eigenvalue weighted by atomic mass is 35.5. The average molecular weight is 268 g/mol. The zero-order valence-corrected chi connectivity index (χ0v) is 11.0. The number of hydrogen-bond acceptors (Lipinski definition) is 3. The molecule has 0 bridgehead atoms. The normalized spacial score (nSPS) is 19.9. The molecular formula is C13H18ClN3O. The van der Waals surface area contributed by atoms with Gasteiger partial charge >= 0.3 is 0 Å². The largest absolute Gasteiger partial charge is 0.370 e. The molecule has 2 rings (SSSR count). The fraction of sp³-hybridized carbons (Fsp3) is 0.462.